The molecule has 0 aromatic carbocycles. The van der Waals surface area contributed by atoms with E-state index in [9.17, 15) is 9.59 Å². The number of halogens is 1. The number of carbonyl (C=O) groups is 2. The van der Waals surface area contributed by atoms with Gasteiger partial charge in [0.25, 0.3) is 0 Å². The fraction of sp³-hybridized carbons (Fsp3) is 0.846. The van der Waals surface area contributed by atoms with Crippen LogP contribution < -0.4 is 0 Å². The minimum absolute atomic E-state index is 0.125. The average Bonchev–Trinajstić information content (AvgIpc) is 2.80. The molecule has 8 heteroatoms. The molecule has 0 N–H and O–H groups in total. The molecule has 0 spiro atoms. The molecule has 2 heterocycles. The van der Waals surface area contributed by atoms with E-state index in [1.54, 1.807) is 13.8 Å². The molecule has 120 valence electrons. The molecule has 0 aromatic rings. The van der Waals surface area contributed by atoms with Crippen LogP contribution >= 0.6 is 15.9 Å². The van der Waals surface area contributed by atoms with Gasteiger partial charge in [0.15, 0.2) is 11.9 Å². The highest BCUT2D eigenvalue weighted by molar-refractivity contribution is 9.09. The van der Waals surface area contributed by atoms with Crippen molar-refractivity contribution >= 4 is 27.9 Å². The topological polar surface area (TPSA) is 80.3 Å². The molecule has 0 aromatic heterocycles. The minimum Gasteiger partial charge on any atom is -0.465 e. The first-order valence-electron chi connectivity index (χ1n) is 6.65. The summed E-state index contributed by atoms with van der Waals surface area (Å²) in [5.74, 6) is -1.63. The highest BCUT2D eigenvalue weighted by atomic mass is 79.9. The van der Waals surface area contributed by atoms with Gasteiger partial charge in [-0.3, -0.25) is 9.59 Å². The number of rotatable bonds is 4. The van der Waals surface area contributed by atoms with E-state index in [-0.39, 0.29) is 17.4 Å². The predicted octanol–water partition coefficient (Wildman–Crippen LogP) is 1.12. The first-order valence-corrected chi connectivity index (χ1v) is 7.57. The molecule has 21 heavy (non-hydrogen) atoms. The van der Waals surface area contributed by atoms with Gasteiger partial charge in [-0.2, -0.15) is 0 Å². The Hall–Kier alpha value is -0.700. The maximum atomic E-state index is 11.2. The largest absolute Gasteiger partial charge is 0.465 e. The van der Waals surface area contributed by atoms with Crippen LogP contribution in [0.5, 0.6) is 0 Å². The van der Waals surface area contributed by atoms with Crippen molar-refractivity contribution in [2.45, 2.75) is 62.9 Å². The van der Waals surface area contributed by atoms with E-state index in [2.05, 4.69) is 15.9 Å². The van der Waals surface area contributed by atoms with Crippen molar-refractivity contribution in [3.05, 3.63) is 0 Å². The molecule has 0 bridgehead atoms. The number of fused-ring (bicyclic) bond motifs is 1. The zero-order valence-corrected chi connectivity index (χ0v) is 13.9. The molecule has 0 saturated carbocycles. The van der Waals surface area contributed by atoms with E-state index >= 15 is 0 Å². The van der Waals surface area contributed by atoms with Crippen LogP contribution in [0.2, 0.25) is 0 Å². The van der Waals surface area contributed by atoms with Gasteiger partial charge in [0, 0.05) is 13.8 Å². The molecular weight excluding hydrogens is 348 g/mol. The monoisotopic (exact) mass is 366 g/mol. The number of esters is 2. The van der Waals surface area contributed by atoms with Gasteiger partial charge in [0.1, 0.15) is 18.8 Å². The summed E-state index contributed by atoms with van der Waals surface area (Å²) in [5.41, 5.74) is 0. The Kier molecular flexibility index (Phi) is 4.92. The van der Waals surface area contributed by atoms with Crippen LogP contribution in [0, 0.1) is 0 Å². The van der Waals surface area contributed by atoms with Crippen molar-refractivity contribution in [3.8, 4) is 0 Å². The van der Waals surface area contributed by atoms with Crippen LogP contribution in [0.25, 0.3) is 0 Å². The Morgan fingerprint density at radius 3 is 2.38 bits per heavy atom. The van der Waals surface area contributed by atoms with Gasteiger partial charge in [0.05, 0.1) is 4.83 Å². The summed E-state index contributed by atoms with van der Waals surface area (Å²) in [5, 5.41) is 0. The van der Waals surface area contributed by atoms with Crippen LogP contribution in [0.3, 0.4) is 0 Å². The van der Waals surface area contributed by atoms with Gasteiger partial charge in [-0.1, -0.05) is 15.9 Å². The quantitative estimate of drug-likeness (QED) is 0.544. The van der Waals surface area contributed by atoms with Crippen LogP contribution in [0.4, 0.5) is 0 Å². The zero-order chi connectivity index (χ0) is 15.8. The lowest BCUT2D eigenvalue weighted by Gasteiger charge is -2.25. The summed E-state index contributed by atoms with van der Waals surface area (Å²) in [6.07, 6.45) is -2.22. The van der Waals surface area contributed by atoms with Gasteiger partial charge in [0.2, 0.25) is 6.29 Å². The Labute approximate surface area is 131 Å². The summed E-state index contributed by atoms with van der Waals surface area (Å²) in [6.45, 7) is 6.32. The fourth-order valence-corrected chi connectivity index (χ4v) is 2.99. The van der Waals surface area contributed by atoms with E-state index in [1.807, 2.05) is 0 Å². The maximum absolute atomic E-state index is 11.2. The SMILES string of the molecule is CC(=O)OCC(Br)C1OC(OC(C)=O)C2OC(C)(C)OC12. The van der Waals surface area contributed by atoms with Crippen molar-refractivity contribution in [1.82, 2.24) is 0 Å². The van der Waals surface area contributed by atoms with E-state index in [0.29, 0.717) is 0 Å². The second-order valence-corrected chi connectivity index (χ2v) is 6.64. The number of alkyl halides is 1. The second-order valence-electron chi connectivity index (χ2n) is 5.46. The molecule has 5 unspecified atom stereocenters. The number of carbonyl (C=O) groups excluding carboxylic acids is 2. The van der Waals surface area contributed by atoms with Gasteiger partial charge in [-0.15, -0.1) is 0 Å². The normalized spacial score (nSPS) is 35.1. The van der Waals surface area contributed by atoms with Gasteiger partial charge >= 0.3 is 11.9 Å². The molecule has 0 radical (unpaired) electrons. The third-order valence-electron chi connectivity index (χ3n) is 3.13. The Balaban J connectivity index is 2.07. The Morgan fingerprint density at radius 2 is 1.81 bits per heavy atom. The standard InChI is InChI=1S/C13H19BrO7/c1-6(15)17-5-8(14)9-10-11(21-13(3,4)20-10)12(19-9)18-7(2)16/h8-12H,5H2,1-4H3. The van der Waals surface area contributed by atoms with Crippen LogP contribution in [0.1, 0.15) is 27.7 Å². The summed E-state index contributed by atoms with van der Waals surface area (Å²) in [4.78, 5) is 21.8. The number of hydrogen-bond donors (Lipinski definition) is 0. The molecule has 2 aliphatic rings. The van der Waals surface area contributed by atoms with Gasteiger partial charge < -0.3 is 23.7 Å². The van der Waals surface area contributed by atoms with Crippen LogP contribution in [0.15, 0.2) is 0 Å². The Morgan fingerprint density at radius 1 is 1.19 bits per heavy atom. The number of hydrogen-bond acceptors (Lipinski definition) is 7. The molecule has 7 nitrogen and oxygen atoms in total. The van der Waals surface area contributed by atoms with E-state index in [0.717, 1.165) is 0 Å². The maximum Gasteiger partial charge on any atom is 0.305 e. The van der Waals surface area contributed by atoms with Crippen molar-refractivity contribution in [2.24, 2.45) is 0 Å². The van der Waals surface area contributed by atoms with E-state index < -0.39 is 36.4 Å². The van der Waals surface area contributed by atoms with Gasteiger partial charge in [-0.05, 0) is 13.8 Å². The third kappa shape index (κ3) is 3.94. The van der Waals surface area contributed by atoms with E-state index in [4.69, 9.17) is 23.7 Å². The first kappa shape index (κ1) is 16.7. The van der Waals surface area contributed by atoms with Crippen molar-refractivity contribution in [2.75, 3.05) is 6.61 Å². The van der Waals surface area contributed by atoms with Crippen molar-refractivity contribution in [3.63, 3.8) is 0 Å². The molecule has 0 amide bonds. The molecule has 2 rings (SSSR count). The summed E-state index contributed by atoms with van der Waals surface area (Å²) in [7, 11) is 0. The summed E-state index contributed by atoms with van der Waals surface area (Å²) in [6, 6.07) is 0. The van der Waals surface area contributed by atoms with Crippen LogP contribution in [-0.4, -0.2) is 53.8 Å². The number of ether oxygens (including phenoxy) is 5. The molecule has 5 atom stereocenters. The molecule has 0 aliphatic carbocycles. The predicted molar refractivity (Wildman–Crippen MR) is 73.6 cm³/mol. The summed E-state index contributed by atoms with van der Waals surface area (Å²) >= 11 is 3.42. The lowest BCUT2D eigenvalue weighted by molar-refractivity contribution is -0.231. The molecule has 2 fully saturated rings. The smallest absolute Gasteiger partial charge is 0.305 e. The van der Waals surface area contributed by atoms with Crippen molar-refractivity contribution in [1.29, 1.82) is 0 Å². The zero-order valence-electron chi connectivity index (χ0n) is 12.3. The first-order chi connectivity index (χ1) is 9.69. The third-order valence-corrected chi connectivity index (χ3v) is 3.92. The van der Waals surface area contributed by atoms with Crippen molar-refractivity contribution < 1.29 is 33.3 Å². The van der Waals surface area contributed by atoms with E-state index in [1.165, 1.54) is 13.8 Å². The highest BCUT2D eigenvalue weighted by Gasteiger charge is 2.58. The molecule has 2 aliphatic heterocycles. The lowest BCUT2D eigenvalue weighted by Crippen LogP contribution is -2.38. The fourth-order valence-electron chi connectivity index (χ4n) is 2.43. The average molecular weight is 367 g/mol. The Bertz CT molecular complexity index is 425. The van der Waals surface area contributed by atoms with Crippen LogP contribution in [-0.2, 0) is 33.3 Å². The summed E-state index contributed by atoms with van der Waals surface area (Å²) < 4.78 is 27.3. The lowest BCUT2D eigenvalue weighted by atomic mass is 10.1. The minimum atomic E-state index is -0.836. The van der Waals surface area contributed by atoms with Gasteiger partial charge in [-0.25, -0.2) is 0 Å². The second kappa shape index (κ2) is 6.20. The highest BCUT2D eigenvalue weighted by Crippen LogP contribution is 2.41. The molecule has 2 saturated heterocycles. The molecular formula is C13H19BrO7.